The lowest BCUT2D eigenvalue weighted by Crippen LogP contribution is -2.12. The molecule has 0 spiro atoms. The maximum atomic E-state index is 12.2. The van der Waals surface area contributed by atoms with Gasteiger partial charge >= 0.3 is 0 Å². The SMILES string of the molecule is Cc1ccc(S(=O)(=O)Nc2cc(C)cc(Cl)c2)cc1. The van der Waals surface area contributed by atoms with Gasteiger partial charge in [0.25, 0.3) is 10.0 Å². The van der Waals surface area contributed by atoms with Crippen LogP contribution in [0.4, 0.5) is 5.69 Å². The molecule has 0 aliphatic rings. The van der Waals surface area contributed by atoms with E-state index in [-0.39, 0.29) is 4.90 Å². The maximum Gasteiger partial charge on any atom is 0.261 e. The molecule has 3 nitrogen and oxygen atoms in total. The van der Waals surface area contributed by atoms with Gasteiger partial charge in [-0.1, -0.05) is 29.3 Å². The van der Waals surface area contributed by atoms with Gasteiger partial charge in [0.1, 0.15) is 0 Å². The first-order chi connectivity index (χ1) is 8.87. The zero-order chi connectivity index (χ0) is 14.0. The lowest BCUT2D eigenvalue weighted by molar-refractivity contribution is 0.601. The molecule has 0 aliphatic heterocycles. The van der Waals surface area contributed by atoms with E-state index in [1.54, 1.807) is 42.5 Å². The largest absolute Gasteiger partial charge is 0.280 e. The molecular weight excluding hydrogens is 282 g/mol. The minimum absolute atomic E-state index is 0.232. The van der Waals surface area contributed by atoms with Crippen molar-refractivity contribution in [2.45, 2.75) is 18.7 Å². The zero-order valence-electron chi connectivity index (χ0n) is 10.6. The van der Waals surface area contributed by atoms with Gasteiger partial charge in [0.05, 0.1) is 10.6 Å². The van der Waals surface area contributed by atoms with E-state index in [1.165, 1.54) is 0 Å². The first-order valence-corrected chi connectivity index (χ1v) is 7.60. The molecule has 0 saturated carbocycles. The van der Waals surface area contributed by atoms with E-state index in [0.717, 1.165) is 11.1 Å². The van der Waals surface area contributed by atoms with Crippen molar-refractivity contribution in [2.24, 2.45) is 0 Å². The number of hydrogen-bond acceptors (Lipinski definition) is 2. The summed E-state index contributed by atoms with van der Waals surface area (Å²) >= 11 is 5.91. The predicted octanol–water partition coefficient (Wildman–Crippen LogP) is 3.76. The summed E-state index contributed by atoms with van der Waals surface area (Å²) in [6.45, 7) is 3.76. The van der Waals surface area contributed by atoms with Crippen molar-refractivity contribution in [1.29, 1.82) is 0 Å². The minimum atomic E-state index is -3.57. The number of benzene rings is 2. The van der Waals surface area contributed by atoms with Crippen molar-refractivity contribution in [3.63, 3.8) is 0 Å². The summed E-state index contributed by atoms with van der Waals surface area (Å²) in [6.07, 6.45) is 0. The van der Waals surface area contributed by atoms with Gasteiger partial charge in [0, 0.05) is 5.02 Å². The Hall–Kier alpha value is -1.52. The maximum absolute atomic E-state index is 12.2. The van der Waals surface area contributed by atoms with E-state index in [0.29, 0.717) is 10.7 Å². The number of hydrogen-bond donors (Lipinski definition) is 1. The number of halogens is 1. The molecule has 0 saturated heterocycles. The molecule has 1 N–H and O–H groups in total. The smallest absolute Gasteiger partial charge is 0.261 e. The summed E-state index contributed by atoms with van der Waals surface area (Å²) in [4.78, 5) is 0.232. The summed E-state index contributed by atoms with van der Waals surface area (Å²) in [5, 5.41) is 0.501. The van der Waals surface area contributed by atoms with Crippen LogP contribution in [0.3, 0.4) is 0 Å². The molecule has 0 amide bonds. The zero-order valence-corrected chi connectivity index (χ0v) is 12.2. The summed E-state index contributed by atoms with van der Waals surface area (Å²) in [5.41, 5.74) is 2.37. The minimum Gasteiger partial charge on any atom is -0.280 e. The number of rotatable bonds is 3. The third-order valence-electron chi connectivity index (χ3n) is 2.63. The van der Waals surface area contributed by atoms with Crippen molar-refractivity contribution in [1.82, 2.24) is 0 Å². The summed E-state index contributed by atoms with van der Waals surface area (Å²) in [6, 6.07) is 11.8. The van der Waals surface area contributed by atoms with E-state index >= 15 is 0 Å². The first kappa shape index (κ1) is 13.9. The Balaban J connectivity index is 2.33. The van der Waals surface area contributed by atoms with Gasteiger partial charge in [0.15, 0.2) is 0 Å². The Kier molecular flexibility index (Phi) is 3.83. The van der Waals surface area contributed by atoms with Crippen LogP contribution < -0.4 is 4.72 Å². The third kappa shape index (κ3) is 3.49. The van der Waals surface area contributed by atoms with Crippen LogP contribution in [0.25, 0.3) is 0 Å². The number of anilines is 1. The van der Waals surface area contributed by atoms with Crippen LogP contribution in [-0.2, 0) is 10.0 Å². The third-order valence-corrected chi connectivity index (χ3v) is 4.24. The van der Waals surface area contributed by atoms with Gasteiger partial charge in [-0.25, -0.2) is 8.42 Å². The summed E-state index contributed by atoms with van der Waals surface area (Å²) in [5.74, 6) is 0. The second kappa shape index (κ2) is 5.23. The van der Waals surface area contributed by atoms with Crippen LogP contribution in [0.15, 0.2) is 47.4 Å². The molecule has 0 bridgehead atoms. The van der Waals surface area contributed by atoms with Crippen molar-refractivity contribution in [2.75, 3.05) is 4.72 Å². The fraction of sp³-hybridized carbons (Fsp3) is 0.143. The van der Waals surface area contributed by atoms with E-state index in [2.05, 4.69) is 4.72 Å². The van der Waals surface area contributed by atoms with Gasteiger partial charge in [-0.3, -0.25) is 4.72 Å². The van der Waals surface area contributed by atoms with Crippen molar-refractivity contribution in [3.05, 3.63) is 58.6 Å². The van der Waals surface area contributed by atoms with Crippen LogP contribution in [0.1, 0.15) is 11.1 Å². The average molecular weight is 296 g/mol. The molecule has 0 radical (unpaired) electrons. The van der Waals surface area contributed by atoms with Gasteiger partial charge in [-0.2, -0.15) is 0 Å². The highest BCUT2D eigenvalue weighted by molar-refractivity contribution is 7.92. The molecule has 0 aromatic heterocycles. The second-order valence-electron chi connectivity index (χ2n) is 4.44. The lowest BCUT2D eigenvalue weighted by Gasteiger charge is -2.09. The molecule has 0 heterocycles. The molecule has 0 unspecified atom stereocenters. The van der Waals surface area contributed by atoms with E-state index < -0.39 is 10.0 Å². The number of nitrogens with one attached hydrogen (secondary N) is 1. The molecule has 5 heteroatoms. The van der Waals surface area contributed by atoms with Crippen LogP contribution in [0, 0.1) is 13.8 Å². The Morgan fingerprint density at radius 2 is 1.58 bits per heavy atom. The molecule has 19 heavy (non-hydrogen) atoms. The number of aryl methyl sites for hydroxylation is 2. The topological polar surface area (TPSA) is 46.2 Å². The van der Waals surface area contributed by atoms with Crippen LogP contribution in [-0.4, -0.2) is 8.42 Å². The Labute approximate surface area is 118 Å². The predicted molar refractivity (Wildman–Crippen MR) is 78.2 cm³/mol. The molecule has 2 aromatic rings. The molecule has 0 atom stereocenters. The van der Waals surface area contributed by atoms with Gasteiger partial charge < -0.3 is 0 Å². The van der Waals surface area contributed by atoms with E-state index in [4.69, 9.17) is 11.6 Å². The highest BCUT2D eigenvalue weighted by Gasteiger charge is 2.14. The van der Waals surface area contributed by atoms with E-state index in [9.17, 15) is 8.42 Å². The lowest BCUT2D eigenvalue weighted by atomic mass is 10.2. The standard InChI is InChI=1S/C14H14ClNO2S/c1-10-3-5-14(6-4-10)19(17,18)16-13-8-11(2)7-12(15)9-13/h3-9,16H,1-2H3. The van der Waals surface area contributed by atoms with Crippen LogP contribution in [0.2, 0.25) is 5.02 Å². The molecule has 100 valence electrons. The molecule has 2 aromatic carbocycles. The van der Waals surface area contributed by atoms with Crippen LogP contribution in [0.5, 0.6) is 0 Å². The van der Waals surface area contributed by atoms with Crippen molar-refractivity contribution < 1.29 is 8.42 Å². The van der Waals surface area contributed by atoms with Gasteiger partial charge in [-0.15, -0.1) is 0 Å². The van der Waals surface area contributed by atoms with E-state index in [1.807, 2.05) is 13.8 Å². The first-order valence-electron chi connectivity index (χ1n) is 5.73. The highest BCUT2D eigenvalue weighted by atomic mass is 35.5. The Morgan fingerprint density at radius 3 is 2.16 bits per heavy atom. The molecule has 0 fully saturated rings. The summed E-state index contributed by atoms with van der Waals surface area (Å²) in [7, 11) is -3.57. The Bertz CT molecular complexity index is 674. The van der Waals surface area contributed by atoms with Crippen molar-refractivity contribution in [3.8, 4) is 0 Å². The monoisotopic (exact) mass is 295 g/mol. The number of sulfonamides is 1. The fourth-order valence-electron chi connectivity index (χ4n) is 1.73. The normalized spacial score (nSPS) is 11.3. The van der Waals surface area contributed by atoms with Gasteiger partial charge in [0.2, 0.25) is 0 Å². The van der Waals surface area contributed by atoms with Crippen molar-refractivity contribution >= 4 is 27.3 Å². The van der Waals surface area contributed by atoms with Gasteiger partial charge in [-0.05, 0) is 49.7 Å². The Morgan fingerprint density at radius 1 is 0.947 bits per heavy atom. The second-order valence-corrected chi connectivity index (χ2v) is 6.55. The molecule has 2 rings (SSSR count). The molecule has 0 aliphatic carbocycles. The highest BCUT2D eigenvalue weighted by Crippen LogP contribution is 2.21. The summed E-state index contributed by atoms with van der Waals surface area (Å²) < 4.78 is 26.9. The molecular formula is C14H14ClNO2S. The van der Waals surface area contributed by atoms with Crippen LogP contribution >= 0.6 is 11.6 Å². The average Bonchev–Trinajstić information content (AvgIpc) is 2.27. The quantitative estimate of drug-likeness (QED) is 0.937. The fourth-order valence-corrected chi connectivity index (χ4v) is 3.06.